The fraction of sp³-hybridized carbons (Fsp3) is 0.455. The summed E-state index contributed by atoms with van der Waals surface area (Å²) in [6.07, 6.45) is -3.81. The minimum atomic E-state index is -4.66. The third-order valence-corrected chi connectivity index (χ3v) is 2.43. The smallest absolute Gasteiger partial charge is 0.435 e. The maximum absolute atomic E-state index is 12.8. The van der Waals surface area contributed by atoms with Crippen LogP contribution in [-0.4, -0.2) is 27.5 Å². The third kappa shape index (κ3) is 3.27. The van der Waals surface area contributed by atoms with Gasteiger partial charge in [-0.1, -0.05) is 0 Å². The molecule has 0 fully saturated rings. The zero-order chi connectivity index (χ0) is 14.8. The van der Waals surface area contributed by atoms with E-state index in [1.807, 2.05) is 0 Å². The van der Waals surface area contributed by atoms with E-state index in [9.17, 15) is 18.0 Å². The highest BCUT2D eigenvalue weighted by atomic mass is 19.4. The monoisotopic (exact) mass is 278 g/mol. The van der Waals surface area contributed by atoms with Crippen molar-refractivity contribution in [3.05, 3.63) is 22.7 Å². The van der Waals surface area contributed by atoms with Crippen molar-refractivity contribution in [1.29, 1.82) is 0 Å². The second-order valence-electron chi connectivity index (χ2n) is 3.72. The molecule has 0 radical (unpaired) electrons. The van der Waals surface area contributed by atoms with Crippen LogP contribution in [0.1, 0.15) is 23.9 Å². The van der Waals surface area contributed by atoms with Gasteiger partial charge in [0.15, 0.2) is 5.69 Å². The Morgan fingerprint density at radius 3 is 2.53 bits per heavy atom. The molecule has 0 unspecified atom stereocenters. The highest BCUT2D eigenvalue weighted by Gasteiger charge is 2.38. The van der Waals surface area contributed by atoms with Crippen molar-refractivity contribution < 1.29 is 27.8 Å². The Morgan fingerprint density at radius 2 is 2.11 bits per heavy atom. The van der Waals surface area contributed by atoms with E-state index in [-0.39, 0.29) is 17.9 Å². The van der Waals surface area contributed by atoms with Gasteiger partial charge >= 0.3 is 12.1 Å². The van der Waals surface area contributed by atoms with E-state index in [0.717, 1.165) is 10.8 Å². The minimum Gasteiger partial charge on any atom is -0.487 e. The van der Waals surface area contributed by atoms with Gasteiger partial charge in [-0.2, -0.15) is 18.3 Å². The van der Waals surface area contributed by atoms with Crippen LogP contribution in [0.25, 0.3) is 6.08 Å². The first kappa shape index (κ1) is 15.1. The summed E-state index contributed by atoms with van der Waals surface area (Å²) in [5, 5.41) is 12.2. The van der Waals surface area contributed by atoms with Gasteiger partial charge in [-0.3, -0.25) is 4.68 Å². The summed E-state index contributed by atoms with van der Waals surface area (Å²) in [5.74, 6) is -1.98. The number of ether oxygens (including phenoxy) is 1. The van der Waals surface area contributed by atoms with E-state index in [1.54, 1.807) is 0 Å². The predicted octanol–water partition coefficient (Wildman–Crippen LogP) is 2.21. The largest absolute Gasteiger partial charge is 0.487 e. The highest BCUT2D eigenvalue weighted by Crippen LogP contribution is 2.33. The summed E-state index contributed by atoms with van der Waals surface area (Å²) in [5.41, 5.74) is -1.24. The van der Waals surface area contributed by atoms with Crippen molar-refractivity contribution in [3.8, 4) is 0 Å². The van der Waals surface area contributed by atoms with Crippen LogP contribution in [0.3, 0.4) is 0 Å². The minimum absolute atomic E-state index is 0.0405. The van der Waals surface area contributed by atoms with Crippen LogP contribution in [-0.2, 0) is 22.8 Å². The van der Waals surface area contributed by atoms with Crippen molar-refractivity contribution in [2.75, 3.05) is 6.61 Å². The van der Waals surface area contributed by atoms with E-state index in [1.165, 1.54) is 20.9 Å². The summed E-state index contributed by atoms with van der Waals surface area (Å²) in [7, 11) is 1.35. The summed E-state index contributed by atoms with van der Waals surface area (Å²) in [6.45, 7) is 3.00. The van der Waals surface area contributed by atoms with E-state index in [0.29, 0.717) is 0 Å². The van der Waals surface area contributed by atoms with Crippen molar-refractivity contribution in [2.24, 2.45) is 7.05 Å². The second kappa shape index (κ2) is 5.33. The number of carbonyl (C=O) groups is 1. The number of alkyl halides is 3. The van der Waals surface area contributed by atoms with Gasteiger partial charge in [-0.25, -0.2) is 4.79 Å². The van der Waals surface area contributed by atoms with Crippen LogP contribution < -0.4 is 0 Å². The lowest BCUT2D eigenvalue weighted by Crippen LogP contribution is -2.09. The molecule has 5 nitrogen and oxygen atoms in total. The van der Waals surface area contributed by atoms with Gasteiger partial charge in [0.25, 0.3) is 0 Å². The van der Waals surface area contributed by atoms with Crippen LogP contribution >= 0.6 is 0 Å². The molecule has 1 N–H and O–H groups in total. The molecule has 0 aliphatic carbocycles. The number of hydrogen-bond donors (Lipinski definition) is 1. The number of rotatable bonds is 4. The Labute approximate surface area is 107 Å². The molecule has 1 aromatic heterocycles. The molecule has 8 heteroatoms. The Hall–Kier alpha value is -1.99. The maximum atomic E-state index is 12.8. The van der Waals surface area contributed by atoms with E-state index < -0.39 is 23.6 Å². The Bertz CT molecular complexity index is 518. The van der Waals surface area contributed by atoms with Crippen molar-refractivity contribution >= 4 is 12.0 Å². The number of halogens is 3. The summed E-state index contributed by atoms with van der Waals surface area (Å²) < 4.78 is 44.2. The molecule has 0 aliphatic heterocycles. The molecule has 0 aromatic carbocycles. The van der Waals surface area contributed by atoms with Crippen LogP contribution in [0.15, 0.2) is 5.76 Å². The summed E-state index contributed by atoms with van der Waals surface area (Å²) in [6, 6.07) is 0. The van der Waals surface area contributed by atoms with Crippen LogP contribution in [0.5, 0.6) is 0 Å². The van der Waals surface area contributed by atoms with Crippen LogP contribution in [0, 0.1) is 6.92 Å². The van der Waals surface area contributed by atoms with Gasteiger partial charge in [-0.05, 0) is 19.9 Å². The molecule has 0 atom stereocenters. The molecular formula is C11H13F3N2O3. The van der Waals surface area contributed by atoms with Gasteiger partial charge in [0, 0.05) is 18.3 Å². The molecule has 1 heterocycles. The zero-order valence-electron chi connectivity index (χ0n) is 10.6. The number of aryl methyl sites for hydroxylation is 1. The van der Waals surface area contributed by atoms with E-state index in [2.05, 4.69) is 5.10 Å². The lowest BCUT2D eigenvalue weighted by Gasteiger charge is -2.06. The number of nitrogens with zero attached hydrogens (tertiary/aromatic N) is 2. The molecule has 19 heavy (non-hydrogen) atoms. The number of carboxylic acids is 1. The third-order valence-electron chi connectivity index (χ3n) is 2.43. The maximum Gasteiger partial charge on any atom is 0.435 e. The number of carboxylic acid groups (broad SMARTS) is 1. The number of aliphatic carboxylic acids is 1. The van der Waals surface area contributed by atoms with Crippen molar-refractivity contribution in [3.63, 3.8) is 0 Å². The zero-order valence-corrected chi connectivity index (χ0v) is 10.6. The molecule has 1 rings (SSSR count). The highest BCUT2D eigenvalue weighted by molar-refractivity contribution is 5.90. The quantitative estimate of drug-likeness (QED) is 0.677. The molecule has 106 valence electrons. The van der Waals surface area contributed by atoms with E-state index >= 15 is 0 Å². The lowest BCUT2D eigenvalue weighted by atomic mass is 10.1. The first-order chi connectivity index (χ1) is 8.68. The fourth-order valence-electron chi connectivity index (χ4n) is 1.46. The molecule has 0 saturated carbocycles. The molecule has 0 aliphatic rings. The molecular weight excluding hydrogens is 265 g/mol. The van der Waals surface area contributed by atoms with Crippen molar-refractivity contribution in [1.82, 2.24) is 9.78 Å². The van der Waals surface area contributed by atoms with E-state index in [4.69, 9.17) is 9.84 Å². The number of hydrogen-bond acceptors (Lipinski definition) is 3. The molecule has 0 bridgehead atoms. The topological polar surface area (TPSA) is 64.4 Å². The summed E-state index contributed by atoms with van der Waals surface area (Å²) in [4.78, 5) is 10.9. The first-order valence-corrected chi connectivity index (χ1v) is 5.37. The van der Waals surface area contributed by atoms with Gasteiger partial charge in [0.05, 0.1) is 6.61 Å². The average Bonchev–Trinajstić information content (AvgIpc) is 2.56. The molecule has 0 spiro atoms. The van der Waals surface area contributed by atoms with Crippen LogP contribution in [0.4, 0.5) is 13.2 Å². The van der Waals surface area contributed by atoms with Gasteiger partial charge in [0.1, 0.15) is 0 Å². The Morgan fingerprint density at radius 1 is 1.53 bits per heavy atom. The number of aromatic nitrogens is 2. The Balaban J connectivity index is 3.41. The molecule has 0 amide bonds. The molecule has 1 aromatic rings. The lowest BCUT2D eigenvalue weighted by molar-refractivity contribution is -0.141. The standard InChI is InChI=1S/C11H13F3N2O3/c1-4-19-8(10(17)18)5-7-6(2)16(3)15-9(7)11(12,13)14/h5H,4H2,1-3H3,(H,17,18). The Kier molecular flexibility index (Phi) is 4.23. The van der Waals surface area contributed by atoms with Gasteiger partial charge < -0.3 is 9.84 Å². The predicted molar refractivity (Wildman–Crippen MR) is 60.2 cm³/mol. The fourth-order valence-corrected chi connectivity index (χ4v) is 1.46. The first-order valence-electron chi connectivity index (χ1n) is 5.37. The van der Waals surface area contributed by atoms with Crippen molar-refractivity contribution in [2.45, 2.75) is 20.0 Å². The normalized spacial score (nSPS) is 12.6. The second-order valence-corrected chi connectivity index (χ2v) is 3.72. The summed E-state index contributed by atoms with van der Waals surface area (Å²) >= 11 is 0. The van der Waals surface area contributed by atoms with Gasteiger partial charge in [0.2, 0.25) is 5.76 Å². The van der Waals surface area contributed by atoms with Gasteiger partial charge in [-0.15, -0.1) is 0 Å². The van der Waals surface area contributed by atoms with Crippen LogP contribution in [0.2, 0.25) is 0 Å². The SMILES string of the molecule is CCOC(=Cc1c(C(F)(F)F)nn(C)c1C)C(=O)O. The molecule has 0 saturated heterocycles. The average molecular weight is 278 g/mol.